The zero-order valence-corrected chi connectivity index (χ0v) is 13.9. The van der Waals surface area contributed by atoms with Crippen LogP contribution in [0, 0.1) is 11.3 Å². The van der Waals surface area contributed by atoms with Crippen molar-refractivity contribution in [1.29, 1.82) is 5.26 Å². The lowest BCUT2D eigenvalue weighted by atomic mass is 10.2. The van der Waals surface area contributed by atoms with Gasteiger partial charge in [0.1, 0.15) is 5.82 Å². The van der Waals surface area contributed by atoms with Crippen molar-refractivity contribution in [3.05, 3.63) is 53.7 Å². The van der Waals surface area contributed by atoms with Crippen LogP contribution in [-0.4, -0.2) is 43.0 Å². The molecule has 0 spiro atoms. The molecule has 1 amide bonds. The molecule has 0 unspecified atom stereocenters. The van der Waals surface area contributed by atoms with E-state index in [9.17, 15) is 4.79 Å². The summed E-state index contributed by atoms with van der Waals surface area (Å²) >= 11 is 0. The van der Waals surface area contributed by atoms with E-state index >= 15 is 0 Å². The summed E-state index contributed by atoms with van der Waals surface area (Å²) in [6, 6.07) is 12.7. The van der Waals surface area contributed by atoms with Crippen LogP contribution >= 0.6 is 0 Å². The number of rotatable bonds is 7. The molecule has 0 bridgehead atoms. The zero-order chi connectivity index (χ0) is 17.4. The molecule has 0 fully saturated rings. The van der Waals surface area contributed by atoms with E-state index in [-0.39, 0.29) is 5.91 Å². The van der Waals surface area contributed by atoms with Gasteiger partial charge in [0.25, 0.3) is 5.91 Å². The molecule has 124 valence electrons. The van der Waals surface area contributed by atoms with Gasteiger partial charge in [-0.15, -0.1) is 0 Å². The van der Waals surface area contributed by atoms with Gasteiger partial charge in [-0.2, -0.15) is 5.26 Å². The molecule has 24 heavy (non-hydrogen) atoms. The lowest BCUT2D eigenvalue weighted by Crippen LogP contribution is -2.27. The van der Waals surface area contributed by atoms with E-state index < -0.39 is 0 Å². The van der Waals surface area contributed by atoms with Crippen molar-refractivity contribution >= 4 is 17.4 Å². The number of hydrogen-bond donors (Lipinski definition) is 2. The summed E-state index contributed by atoms with van der Waals surface area (Å²) in [5.74, 6) is 0.523. The first-order valence-electron chi connectivity index (χ1n) is 7.74. The highest BCUT2D eigenvalue weighted by Gasteiger charge is 2.06. The maximum absolute atomic E-state index is 12.0. The Bertz CT molecular complexity index is 702. The van der Waals surface area contributed by atoms with Crippen LogP contribution in [0.15, 0.2) is 42.6 Å². The molecule has 1 aromatic heterocycles. The minimum atomic E-state index is -0.119. The highest BCUT2D eigenvalue weighted by atomic mass is 16.1. The van der Waals surface area contributed by atoms with E-state index in [1.165, 1.54) is 0 Å². The van der Waals surface area contributed by atoms with Crippen molar-refractivity contribution in [2.24, 2.45) is 0 Å². The van der Waals surface area contributed by atoms with Gasteiger partial charge in [0, 0.05) is 18.4 Å². The van der Waals surface area contributed by atoms with Crippen LogP contribution in [0.1, 0.15) is 22.3 Å². The van der Waals surface area contributed by atoms with E-state index in [0.717, 1.165) is 18.7 Å². The first-order valence-corrected chi connectivity index (χ1v) is 7.74. The van der Waals surface area contributed by atoms with Gasteiger partial charge < -0.3 is 15.5 Å². The molecule has 0 saturated heterocycles. The third-order valence-electron chi connectivity index (χ3n) is 3.38. The van der Waals surface area contributed by atoms with Gasteiger partial charge in [-0.1, -0.05) is 0 Å². The van der Waals surface area contributed by atoms with Crippen LogP contribution in [0.5, 0.6) is 0 Å². The first kappa shape index (κ1) is 17.4. The van der Waals surface area contributed by atoms with Crippen LogP contribution in [0.3, 0.4) is 0 Å². The van der Waals surface area contributed by atoms with E-state index in [2.05, 4.69) is 26.6 Å². The molecule has 6 heteroatoms. The minimum absolute atomic E-state index is 0.119. The number of nitrogens with zero attached hydrogens (tertiary/aromatic N) is 3. The maximum atomic E-state index is 12.0. The normalized spacial score (nSPS) is 10.2. The van der Waals surface area contributed by atoms with Crippen molar-refractivity contribution in [2.75, 3.05) is 32.5 Å². The molecule has 0 aliphatic carbocycles. The first-order chi connectivity index (χ1) is 11.6. The Morgan fingerprint density at radius 3 is 2.54 bits per heavy atom. The highest BCUT2D eigenvalue weighted by molar-refractivity contribution is 5.94. The largest absolute Gasteiger partial charge is 0.352 e. The number of aromatic nitrogens is 1. The molecule has 0 saturated carbocycles. The number of nitriles is 1. The van der Waals surface area contributed by atoms with Gasteiger partial charge in [0.05, 0.1) is 17.2 Å². The molecule has 2 N–H and O–H groups in total. The quantitative estimate of drug-likeness (QED) is 0.765. The lowest BCUT2D eigenvalue weighted by Gasteiger charge is -2.10. The Morgan fingerprint density at radius 1 is 1.21 bits per heavy atom. The Balaban J connectivity index is 1.87. The molecule has 1 heterocycles. The summed E-state index contributed by atoms with van der Waals surface area (Å²) in [7, 11) is 4.01. The second-order valence-electron chi connectivity index (χ2n) is 5.66. The van der Waals surface area contributed by atoms with Gasteiger partial charge >= 0.3 is 0 Å². The maximum Gasteiger partial charge on any atom is 0.252 e. The molecular weight excluding hydrogens is 302 g/mol. The standard InChI is InChI=1S/C18H21N5O/c1-23(2)11-3-10-20-18(24)15-6-9-17(21-13-15)22-16-7-4-14(12-19)5-8-16/h4-9,13H,3,10-11H2,1-2H3,(H,20,24)(H,21,22). The zero-order valence-electron chi connectivity index (χ0n) is 13.9. The van der Waals surface area contributed by atoms with Gasteiger partial charge in [0.2, 0.25) is 0 Å². The Morgan fingerprint density at radius 2 is 1.96 bits per heavy atom. The molecular formula is C18H21N5O. The van der Waals surface area contributed by atoms with Crippen molar-refractivity contribution in [3.8, 4) is 6.07 Å². The van der Waals surface area contributed by atoms with Gasteiger partial charge in [-0.3, -0.25) is 4.79 Å². The van der Waals surface area contributed by atoms with Crippen LogP contribution in [0.2, 0.25) is 0 Å². The monoisotopic (exact) mass is 323 g/mol. The molecule has 6 nitrogen and oxygen atoms in total. The SMILES string of the molecule is CN(C)CCCNC(=O)c1ccc(Nc2ccc(C#N)cc2)nc1. The lowest BCUT2D eigenvalue weighted by molar-refractivity contribution is 0.0952. The van der Waals surface area contributed by atoms with Gasteiger partial charge in [0.15, 0.2) is 0 Å². The smallest absolute Gasteiger partial charge is 0.252 e. The van der Waals surface area contributed by atoms with Gasteiger partial charge in [-0.05, 0) is 63.5 Å². The highest BCUT2D eigenvalue weighted by Crippen LogP contribution is 2.15. The number of nitrogens with one attached hydrogen (secondary N) is 2. The Kier molecular flexibility index (Phi) is 6.29. The molecule has 0 radical (unpaired) electrons. The summed E-state index contributed by atoms with van der Waals surface area (Å²) < 4.78 is 0. The molecule has 0 atom stereocenters. The summed E-state index contributed by atoms with van der Waals surface area (Å²) in [5.41, 5.74) is 1.97. The average Bonchev–Trinajstić information content (AvgIpc) is 2.59. The van der Waals surface area contributed by atoms with Crippen LogP contribution in [0.25, 0.3) is 0 Å². The summed E-state index contributed by atoms with van der Waals surface area (Å²) in [4.78, 5) is 18.3. The van der Waals surface area contributed by atoms with Crippen molar-refractivity contribution in [1.82, 2.24) is 15.2 Å². The Hall–Kier alpha value is -2.91. The predicted molar refractivity (Wildman–Crippen MR) is 94.2 cm³/mol. The topological polar surface area (TPSA) is 81.0 Å². The summed E-state index contributed by atoms with van der Waals surface area (Å²) in [6.07, 6.45) is 2.46. The van der Waals surface area contributed by atoms with E-state index in [4.69, 9.17) is 5.26 Å². The molecule has 2 rings (SSSR count). The minimum Gasteiger partial charge on any atom is -0.352 e. The average molecular weight is 323 g/mol. The third kappa shape index (κ3) is 5.38. The fourth-order valence-electron chi connectivity index (χ4n) is 2.08. The molecule has 0 aliphatic rings. The van der Waals surface area contributed by atoms with Crippen molar-refractivity contribution in [3.63, 3.8) is 0 Å². The third-order valence-corrected chi connectivity index (χ3v) is 3.38. The number of anilines is 2. The van der Waals surface area contributed by atoms with Crippen LogP contribution in [-0.2, 0) is 0 Å². The number of carbonyl (C=O) groups is 1. The van der Waals surface area contributed by atoms with Gasteiger partial charge in [-0.25, -0.2) is 4.98 Å². The number of pyridine rings is 1. The molecule has 0 aliphatic heterocycles. The second-order valence-corrected chi connectivity index (χ2v) is 5.66. The fourth-order valence-corrected chi connectivity index (χ4v) is 2.08. The van der Waals surface area contributed by atoms with E-state index in [1.807, 2.05) is 26.2 Å². The molecule has 2 aromatic rings. The molecule has 1 aromatic carbocycles. The van der Waals surface area contributed by atoms with E-state index in [0.29, 0.717) is 23.5 Å². The summed E-state index contributed by atoms with van der Waals surface area (Å²) in [5, 5.41) is 14.8. The second kappa shape index (κ2) is 8.65. The summed E-state index contributed by atoms with van der Waals surface area (Å²) in [6.45, 7) is 1.58. The number of benzene rings is 1. The van der Waals surface area contributed by atoms with Crippen molar-refractivity contribution < 1.29 is 4.79 Å². The van der Waals surface area contributed by atoms with Crippen LogP contribution in [0.4, 0.5) is 11.5 Å². The van der Waals surface area contributed by atoms with E-state index in [1.54, 1.807) is 30.5 Å². The fraction of sp³-hybridized carbons (Fsp3) is 0.278. The predicted octanol–water partition coefficient (Wildman–Crippen LogP) is 2.38. The number of hydrogen-bond acceptors (Lipinski definition) is 5. The van der Waals surface area contributed by atoms with Crippen molar-refractivity contribution in [2.45, 2.75) is 6.42 Å². The number of amides is 1. The van der Waals surface area contributed by atoms with Crippen LogP contribution < -0.4 is 10.6 Å². The Labute approximate surface area is 142 Å². The number of carbonyl (C=O) groups excluding carboxylic acids is 1.